The number of benzene rings is 2. The predicted molar refractivity (Wildman–Crippen MR) is 112 cm³/mol. The van der Waals surface area contributed by atoms with E-state index in [4.69, 9.17) is 0 Å². The molecule has 0 aromatic heterocycles. The molecular formula is C20H22N2O2S2. The van der Waals surface area contributed by atoms with Gasteiger partial charge in [0.2, 0.25) is 11.8 Å². The molecule has 0 saturated carbocycles. The zero-order chi connectivity index (χ0) is 18.9. The van der Waals surface area contributed by atoms with Gasteiger partial charge in [-0.3, -0.25) is 9.59 Å². The highest BCUT2D eigenvalue weighted by Crippen LogP contribution is 2.24. The van der Waals surface area contributed by atoms with Crippen LogP contribution in [0.1, 0.15) is 5.56 Å². The lowest BCUT2D eigenvalue weighted by molar-refractivity contribution is -0.129. The Bertz CT molecular complexity index is 789. The summed E-state index contributed by atoms with van der Waals surface area (Å²) in [6.45, 7) is -0.00268. The van der Waals surface area contributed by atoms with E-state index in [9.17, 15) is 9.59 Å². The number of anilines is 1. The molecule has 0 bridgehead atoms. The standard InChI is InChI=1S/C20H22N2O2S2/c1-22(14-19(23)21-17-6-4-5-7-18(17)26-3)20(24)13-10-15-8-11-16(25-2)12-9-15/h4-13H,14H2,1-3H3,(H,21,23)/b13-10+. The van der Waals surface area contributed by atoms with E-state index in [0.717, 1.165) is 16.1 Å². The van der Waals surface area contributed by atoms with Crippen LogP contribution in [0.2, 0.25) is 0 Å². The molecule has 0 aliphatic heterocycles. The van der Waals surface area contributed by atoms with Gasteiger partial charge in [-0.05, 0) is 48.4 Å². The van der Waals surface area contributed by atoms with E-state index in [1.54, 1.807) is 36.6 Å². The van der Waals surface area contributed by atoms with Gasteiger partial charge in [-0.1, -0.05) is 24.3 Å². The maximum atomic E-state index is 12.2. The van der Waals surface area contributed by atoms with Gasteiger partial charge >= 0.3 is 0 Å². The highest BCUT2D eigenvalue weighted by atomic mass is 32.2. The minimum atomic E-state index is -0.222. The lowest BCUT2D eigenvalue weighted by Gasteiger charge is -2.15. The smallest absolute Gasteiger partial charge is 0.246 e. The molecule has 2 aromatic rings. The fourth-order valence-corrected chi connectivity index (χ4v) is 3.20. The van der Waals surface area contributed by atoms with Crippen molar-refractivity contribution < 1.29 is 9.59 Å². The van der Waals surface area contributed by atoms with Crippen LogP contribution in [0.4, 0.5) is 5.69 Å². The predicted octanol–water partition coefficient (Wildman–Crippen LogP) is 4.24. The molecule has 0 aliphatic carbocycles. The average molecular weight is 387 g/mol. The lowest BCUT2D eigenvalue weighted by Crippen LogP contribution is -2.33. The van der Waals surface area contributed by atoms with Crippen LogP contribution < -0.4 is 5.32 Å². The Morgan fingerprint density at radius 3 is 2.38 bits per heavy atom. The molecule has 2 amide bonds. The molecule has 1 N–H and O–H groups in total. The normalized spacial score (nSPS) is 10.7. The molecule has 6 heteroatoms. The Labute approximate surface area is 163 Å². The summed E-state index contributed by atoms with van der Waals surface area (Å²) < 4.78 is 0. The van der Waals surface area contributed by atoms with Crippen LogP contribution in [-0.2, 0) is 9.59 Å². The van der Waals surface area contributed by atoms with E-state index >= 15 is 0 Å². The van der Waals surface area contributed by atoms with Crippen LogP contribution in [0, 0.1) is 0 Å². The summed E-state index contributed by atoms with van der Waals surface area (Å²) in [5, 5.41) is 2.85. The fourth-order valence-electron chi connectivity index (χ4n) is 2.24. The monoisotopic (exact) mass is 386 g/mol. The third-order valence-corrected chi connectivity index (χ3v) is 5.21. The van der Waals surface area contributed by atoms with Crippen molar-refractivity contribution in [1.29, 1.82) is 0 Å². The molecule has 0 saturated heterocycles. The van der Waals surface area contributed by atoms with Crippen molar-refractivity contribution in [3.05, 3.63) is 60.2 Å². The van der Waals surface area contributed by atoms with Crippen LogP contribution in [0.25, 0.3) is 6.08 Å². The Morgan fingerprint density at radius 1 is 1.04 bits per heavy atom. The zero-order valence-electron chi connectivity index (χ0n) is 15.1. The molecule has 0 unspecified atom stereocenters. The quantitative estimate of drug-likeness (QED) is 0.571. The number of para-hydroxylation sites is 1. The molecule has 2 aromatic carbocycles. The van der Waals surface area contributed by atoms with Crippen LogP contribution in [0.5, 0.6) is 0 Å². The first-order valence-corrected chi connectivity index (χ1v) is 10.5. The van der Waals surface area contributed by atoms with Crippen LogP contribution in [0.15, 0.2) is 64.4 Å². The second kappa shape index (κ2) is 10.1. The highest BCUT2D eigenvalue weighted by molar-refractivity contribution is 7.99. The van der Waals surface area contributed by atoms with E-state index in [2.05, 4.69) is 5.32 Å². The van der Waals surface area contributed by atoms with Gasteiger partial charge in [0.05, 0.1) is 12.2 Å². The molecule has 0 fully saturated rings. The number of hydrogen-bond donors (Lipinski definition) is 1. The second-order valence-electron chi connectivity index (χ2n) is 5.55. The zero-order valence-corrected chi connectivity index (χ0v) is 16.7. The van der Waals surface area contributed by atoms with Crippen molar-refractivity contribution in [2.24, 2.45) is 0 Å². The van der Waals surface area contributed by atoms with Crippen molar-refractivity contribution in [3.63, 3.8) is 0 Å². The number of carbonyl (C=O) groups is 2. The number of likely N-dealkylation sites (N-methyl/N-ethyl adjacent to an activating group) is 1. The Balaban J connectivity index is 1.91. The molecule has 26 heavy (non-hydrogen) atoms. The van der Waals surface area contributed by atoms with E-state index in [1.807, 2.05) is 61.0 Å². The molecule has 0 spiro atoms. The van der Waals surface area contributed by atoms with Gasteiger partial charge in [-0.2, -0.15) is 0 Å². The molecular weight excluding hydrogens is 364 g/mol. The van der Waals surface area contributed by atoms with Crippen molar-refractivity contribution in [3.8, 4) is 0 Å². The SMILES string of the molecule is CSc1ccc(/C=C/C(=O)N(C)CC(=O)Nc2ccccc2SC)cc1. The number of hydrogen-bond acceptors (Lipinski definition) is 4. The number of amides is 2. The van der Waals surface area contributed by atoms with Gasteiger partial charge in [-0.15, -0.1) is 23.5 Å². The maximum absolute atomic E-state index is 12.2. The molecule has 4 nitrogen and oxygen atoms in total. The van der Waals surface area contributed by atoms with Crippen LogP contribution in [0.3, 0.4) is 0 Å². The van der Waals surface area contributed by atoms with Crippen molar-refractivity contribution in [2.45, 2.75) is 9.79 Å². The minimum absolute atomic E-state index is 0.00268. The van der Waals surface area contributed by atoms with Crippen molar-refractivity contribution in [1.82, 2.24) is 4.90 Å². The summed E-state index contributed by atoms with van der Waals surface area (Å²) in [6.07, 6.45) is 7.21. The Kier molecular flexibility index (Phi) is 7.81. The summed E-state index contributed by atoms with van der Waals surface area (Å²) in [5.74, 6) is -0.438. The van der Waals surface area contributed by atoms with E-state index in [1.165, 1.54) is 15.9 Å². The molecule has 136 valence electrons. The summed E-state index contributed by atoms with van der Waals surface area (Å²) in [5.41, 5.74) is 1.71. The number of rotatable bonds is 7. The summed E-state index contributed by atoms with van der Waals surface area (Å²) in [6, 6.07) is 15.5. The van der Waals surface area contributed by atoms with E-state index < -0.39 is 0 Å². The van der Waals surface area contributed by atoms with E-state index in [-0.39, 0.29) is 18.4 Å². The van der Waals surface area contributed by atoms with Gasteiger partial charge in [0, 0.05) is 22.9 Å². The van der Waals surface area contributed by atoms with Gasteiger partial charge in [0.1, 0.15) is 0 Å². The largest absolute Gasteiger partial charge is 0.333 e. The first-order chi connectivity index (χ1) is 12.5. The van der Waals surface area contributed by atoms with Gasteiger partial charge < -0.3 is 10.2 Å². The Morgan fingerprint density at radius 2 is 1.73 bits per heavy atom. The maximum Gasteiger partial charge on any atom is 0.246 e. The van der Waals surface area contributed by atoms with Gasteiger partial charge in [-0.25, -0.2) is 0 Å². The molecule has 0 atom stereocenters. The minimum Gasteiger partial charge on any atom is -0.333 e. The van der Waals surface area contributed by atoms with Crippen LogP contribution in [-0.4, -0.2) is 42.8 Å². The van der Waals surface area contributed by atoms with Gasteiger partial charge in [0.25, 0.3) is 0 Å². The molecule has 0 radical (unpaired) electrons. The molecule has 0 heterocycles. The number of nitrogens with zero attached hydrogens (tertiary/aromatic N) is 1. The lowest BCUT2D eigenvalue weighted by atomic mass is 10.2. The first-order valence-electron chi connectivity index (χ1n) is 8.03. The highest BCUT2D eigenvalue weighted by Gasteiger charge is 2.12. The van der Waals surface area contributed by atoms with Crippen molar-refractivity contribution >= 4 is 47.1 Å². The summed E-state index contributed by atoms with van der Waals surface area (Å²) in [7, 11) is 1.61. The van der Waals surface area contributed by atoms with E-state index in [0.29, 0.717) is 0 Å². The number of carbonyl (C=O) groups excluding carboxylic acids is 2. The second-order valence-corrected chi connectivity index (χ2v) is 7.28. The Hall–Kier alpha value is -2.18. The topological polar surface area (TPSA) is 49.4 Å². The third kappa shape index (κ3) is 5.97. The average Bonchev–Trinajstić information content (AvgIpc) is 2.66. The summed E-state index contributed by atoms with van der Waals surface area (Å²) >= 11 is 3.23. The first kappa shape index (κ1) is 20.1. The number of thioether (sulfide) groups is 2. The molecule has 0 aliphatic rings. The summed E-state index contributed by atoms with van der Waals surface area (Å²) in [4.78, 5) is 28.0. The third-order valence-electron chi connectivity index (χ3n) is 3.67. The van der Waals surface area contributed by atoms with Gasteiger partial charge in [0.15, 0.2) is 0 Å². The van der Waals surface area contributed by atoms with Crippen LogP contribution >= 0.6 is 23.5 Å². The number of nitrogens with one attached hydrogen (secondary N) is 1. The van der Waals surface area contributed by atoms with Crippen molar-refractivity contribution in [2.75, 3.05) is 31.4 Å². The fraction of sp³-hybridized carbons (Fsp3) is 0.200. The molecule has 2 rings (SSSR count).